The molecule has 0 saturated carbocycles. The van der Waals surface area contributed by atoms with Crippen molar-refractivity contribution in [1.29, 1.82) is 0 Å². The number of hydrogen-bond donors (Lipinski definition) is 5. The molecule has 1 heterocycles. The third-order valence-corrected chi connectivity index (χ3v) is 4.19. The van der Waals surface area contributed by atoms with Gasteiger partial charge in [-0.05, 0) is 0 Å². The van der Waals surface area contributed by atoms with Gasteiger partial charge < -0.3 is 35.4 Å². The van der Waals surface area contributed by atoms with Gasteiger partial charge in [-0.2, -0.15) is 0 Å². The fourth-order valence-electron chi connectivity index (χ4n) is 2.79. The van der Waals surface area contributed by atoms with Crippen LogP contribution in [-0.2, 0) is 14.3 Å². The maximum Gasteiger partial charge on any atom is 0.217 e. The van der Waals surface area contributed by atoms with Gasteiger partial charge in [-0.15, -0.1) is 0 Å². The van der Waals surface area contributed by atoms with Gasteiger partial charge in [-0.1, -0.05) is 30.3 Å². The second-order valence-electron chi connectivity index (χ2n) is 6.27. The van der Waals surface area contributed by atoms with Crippen LogP contribution < -0.4 is 10.6 Å². The minimum atomic E-state index is -1.35. The van der Waals surface area contributed by atoms with E-state index in [4.69, 9.17) is 9.47 Å². The number of aliphatic hydroxyl groups excluding tert-OH is 3. The highest BCUT2D eigenvalue weighted by Gasteiger charge is 2.45. The summed E-state index contributed by atoms with van der Waals surface area (Å²) in [5.74, 6) is -0.475. The Bertz CT molecular complexity index is 613. The third-order valence-electron chi connectivity index (χ3n) is 4.19. The second kappa shape index (κ2) is 10.5. The molecule has 5 atom stereocenters. The zero-order chi connectivity index (χ0) is 19.8. The number of rotatable bonds is 9. The van der Waals surface area contributed by atoms with Gasteiger partial charge in [0.15, 0.2) is 12.1 Å². The predicted octanol–water partition coefficient (Wildman–Crippen LogP) is -1.58. The van der Waals surface area contributed by atoms with Crippen molar-refractivity contribution in [3.8, 4) is 0 Å². The molecule has 1 aromatic carbocycles. The molecule has 9 heteroatoms. The van der Waals surface area contributed by atoms with E-state index < -0.39 is 43.2 Å². The van der Waals surface area contributed by atoms with Crippen molar-refractivity contribution in [3.05, 3.63) is 35.9 Å². The van der Waals surface area contributed by atoms with Gasteiger partial charge in [0.1, 0.15) is 24.4 Å². The number of aliphatic hydroxyl groups is 3. The van der Waals surface area contributed by atoms with Gasteiger partial charge in [-0.25, -0.2) is 0 Å². The molecule has 0 bridgehead atoms. The van der Waals surface area contributed by atoms with Gasteiger partial charge in [0.2, 0.25) is 5.91 Å². The van der Waals surface area contributed by atoms with Crippen LogP contribution in [0.15, 0.2) is 30.3 Å². The summed E-state index contributed by atoms with van der Waals surface area (Å²) >= 11 is 0. The van der Waals surface area contributed by atoms with Crippen molar-refractivity contribution in [1.82, 2.24) is 10.6 Å². The molecule has 1 fully saturated rings. The Kier molecular flexibility index (Phi) is 8.29. The Morgan fingerprint density at radius 1 is 1.19 bits per heavy atom. The molecule has 1 saturated heterocycles. The molecule has 9 nitrogen and oxygen atoms in total. The Balaban J connectivity index is 1.81. The highest BCUT2D eigenvalue weighted by molar-refractivity contribution is 5.97. The van der Waals surface area contributed by atoms with Crippen molar-refractivity contribution < 1.29 is 34.4 Å². The number of ether oxygens (including phenoxy) is 2. The summed E-state index contributed by atoms with van der Waals surface area (Å²) in [5, 5.41) is 34.8. The van der Waals surface area contributed by atoms with Gasteiger partial charge in [0.25, 0.3) is 0 Å². The number of ketones is 1. The molecule has 0 radical (unpaired) electrons. The topological polar surface area (TPSA) is 137 Å². The number of Topliss-reactive ketones (excluding diaryl/α,β-unsaturated/α-hetero) is 1. The van der Waals surface area contributed by atoms with E-state index in [9.17, 15) is 24.9 Å². The highest BCUT2D eigenvalue weighted by atomic mass is 16.7. The van der Waals surface area contributed by atoms with E-state index in [0.717, 1.165) is 0 Å². The zero-order valence-corrected chi connectivity index (χ0v) is 15.1. The summed E-state index contributed by atoms with van der Waals surface area (Å²) in [5.41, 5.74) is 0.607. The fourth-order valence-corrected chi connectivity index (χ4v) is 2.79. The number of nitrogens with one attached hydrogen (secondary N) is 2. The molecule has 1 aromatic rings. The van der Waals surface area contributed by atoms with Gasteiger partial charge >= 0.3 is 0 Å². The number of carbonyl (C=O) groups is 2. The lowest BCUT2D eigenvalue weighted by atomic mass is 9.97. The smallest absolute Gasteiger partial charge is 0.217 e. The molecular formula is C18H26N2O7. The van der Waals surface area contributed by atoms with Gasteiger partial charge in [0, 0.05) is 19.0 Å². The average Bonchev–Trinajstić information content (AvgIpc) is 2.67. The summed E-state index contributed by atoms with van der Waals surface area (Å²) in [4.78, 5) is 23.3. The van der Waals surface area contributed by atoms with Crippen molar-refractivity contribution >= 4 is 11.7 Å². The zero-order valence-electron chi connectivity index (χ0n) is 15.1. The Morgan fingerprint density at radius 2 is 1.89 bits per heavy atom. The Morgan fingerprint density at radius 3 is 2.52 bits per heavy atom. The van der Waals surface area contributed by atoms with Crippen molar-refractivity contribution in [3.63, 3.8) is 0 Å². The van der Waals surface area contributed by atoms with E-state index in [1.54, 1.807) is 24.3 Å². The summed E-state index contributed by atoms with van der Waals surface area (Å²) in [6, 6.07) is 7.89. The van der Waals surface area contributed by atoms with Crippen LogP contribution in [0.4, 0.5) is 0 Å². The molecule has 27 heavy (non-hydrogen) atoms. The van der Waals surface area contributed by atoms with Crippen LogP contribution in [-0.4, -0.2) is 84.0 Å². The Hall–Kier alpha value is -1.88. The Labute approximate surface area is 157 Å². The van der Waals surface area contributed by atoms with E-state index in [1.165, 1.54) is 6.92 Å². The molecule has 1 aliphatic rings. The minimum Gasteiger partial charge on any atom is -0.394 e. The van der Waals surface area contributed by atoms with Crippen LogP contribution >= 0.6 is 0 Å². The first-order valence-electron chi connectivity index (χ1n) is 8.74. The van der Waals surface area contributed by atoms with E-state index in [0.29, 0.717) is 12.1 Å². The number of benzene rings is 1. The molecule has 0 spiro atoms. The van der Waals surface area contributed by atoms with Crippen LogP contribution in [0.3, 0.4) is 0 Å². The fraction of sp³-hybridized carbons (Fsp3) is 0.556. The molecule has 5 N–H and O–H groups in total. The second-order valence-corrected chi connectivity index (χ2v) is 6.27. The quantitative estimate of drug-likeness (QED) is 0.255. The molecule has 0 aliphatic carbocycles. The maximum atomic E-state index is 12.0. The summed E-state index contributed by atoms with van der Waals surface area (Å²) in [7, 11) is 0. The molecule has 1 aliphatic heterocycles. The van der Waals surface area contributed by atoms with Gasteiger partial charge in [-0.3, -0.25) is 9.59 Å². The third kappa shape index (κ3) is 6.06. The van der Waals surface area contributed by atoms with E-state index in [-0.39, 0.29) is 18.9 Å². The first-order chi connectivity index (χ1) is 12.9. The van der Waals surface area contributed by atoms with E-state index >= 15 is 0 Å². The van der Waals surface area contributed by atoms with Crippen LogP contribution in [0.25, 0.3) is 0 Å². The molecule has 2 unspecified atom stereocenters. The average molecular weight is 382 g/mol. The minimum absolute atomic E-state index is 0.0560. The van der Waals surface area contributed by atoms with Gasteiger partial charge in [0.05, 0.1) is 19.8 Å². The SMILES string of the molecule is CC(=O)NC1[C@H](OCCNCC(=O)c2ccccc2)OC(CO)[C@@H](O)[C@@H]1O. The van der Waals surface area contributed by atoms with Crippen molar-refractivity contribution in [2.45, 2.75) is 37.6 Å². The molecule has 0 aromatic heterocycles. The monoisotopic (exact) mass is 382 g/mol. The first-order valence-corrected chi connectivity index (χ1v) is 8.74. The van der Waals surface area contributed by atoms with Crippen LogP contribution in [0.1, 0.15) is 17.3 Å². The summed E-state index contributed by atoms with van der Waals surface area (Å²) in [6.07, 6.45) is -4.77. The maximum absolute atomic E-state index is 12.0. The number of amides is 1. The van der Waals surface area contributed by atoms with Crippen molar-refractivity contribution in [2.75, 3.05) is 26.3 Å². The van der Waals surface area contributed by atoms with Crippen molar-refractivity contribution in [2.24, 2.45) is 0 Å². The standard InChI is InChI=1S/C18H26N2O7/c1-11(22)20-15-17(25)16(24)14(10-21)27-18(15)26-8-7-19-9-13(23)12-5-3-2-4-6-12/h2-6,14-19,21,24-25H,7-10H2,1H3,(H,20,22)/t14?,15?,16-,17-,18-/m1/s1. The lowest BCUT2D eigenvalue weighted by molar-refractivity contribution is -0.269. The molecule has 150 valence electrons. The molecule has 1 amide bonds. The van der Waals surface area contributed by atoms with Crippen LogP contribution in [0.2, 0.25) is 0 Å². The lowest BCUT2D eigenvalue weighted by Crippen LogP contribution is -2.64. The molecular weight excluding hydrogens is 356 g/mol. The summed E-state index contributed by atoms with van der Waals surface area (Å²) in [6.45, 7) is 1.35. The van der Waals surface area contributed by atoms with E-state index in [1.807, 2.05) is 6.07 Å². The molecule has 2 rings (SSSR count). The predicted molar refractivity (Wildman–Crippen MR) is 95.0 cm³/mol. The van der Waals surface area contributed by atoms with Crippen LogP contribution in [0.5, 0.6) is 0 Å². The first kappa shape index (κ1) is 21.4. The number of carbonyl (C=O) groups excluding carboxylic acids is 2. The van der Waals surface area contributed by atoms with E-state index in [2.05, 4.69) is 10.6 Å². The highest BCUT2D eigenvalue weighted by Crippen LogP contribution is 2.22. The van der Waals surface area contributed by atoms with Crippen LogP contribution in [0, 0.1) is 0 Å². The normalized spacial score (nSPS) is 27.9. The largest absolute Gasteiger partial charge is 0.394 e. The summed E-state index contributed by atoms with van der Waals surface area (Å²) < 4.78 is 11.0. The number of hydrogen-bond acceptors (Lipinski definition) is 8. The lowest BCUT2D eigenvalue weighted by Gasteiger charge is -2.42.